The molecule has 0 unspecified atom stereocenters. The molecule has 1 heterocycles. The minimum absolute atomic E-state index is 0.664. The van der Waals surface area contributed by atoms with Gasteiger partial charge in [-0.15, -0.1) is 0 Å². The number of benzene rings is 1. The molecule has 104 valence electrons. The van der Waals surface area contributed by atoms with Gasteiger partial charge in [0.1, 0.15) is 0 Å². The largest absolute Gasteiger partial charge is 0.314 e. The standard InChI is InChI=1S/C17H19ClN2/c18-16-3-1-14(2-4-16)15-11-17(12-15)20-10-7-13-5-8-19-9-6-13/h1-6,8-9,15,17,20H,7,10-12H2. The van der Waals surface area contributed by atoms with Gasteiger partial charge in [0.15, 0.2) is 0 Å². The number of hydrogen-bond donors (Lipinski definition) is 1. The Morgan fingerprint density at radius 2 is 1.75 bits per heavy atom. The van der Waals surface area contributed by atoms with Gasteiger partial charge in [-0.05, 0) is 67.1 Å². The van der Waals surface area contributed by atoms with Crippen molar-refractivity contribution in [1.82, 2.24) is 10.3 Å². The molecule has 20 heavy (non-hydrogen) atoms. The molecule has 3 rings (SSSR count). The average molecular weight is 287 g/mol. The number of pyridine rings is 1. The van der Waals surface area contributed by atoms with E-state index >= 15 is 0 Å². The van der Waals surface area contributed by atoms with Gasteiger partial charge in [-0.3, -0.25) is 4.98 Å². The summed E-state index contributed by atoms with van der Waals surface area (Å²) in [4.78, 5) is 4.04. The second-order valence-electron chi connectivity index (χ2n) is 5.48. The van der Waals surface area contributed by atoms with Crippen LogP contribution >= 0.6 is 11.6 Å². The Kier molecular flexibility index (Phi) is 4.34. The molecule has 1 saturated carbocycles. The van der Waals surface area contributed by atoms with Gasteiger partial charge >= 0.3 is 0 Å². The van der Waals surface area contributed by atoms with Crippen molar-refractivity contribution in [2.24, 2.45) is 0 Å². The first-order valence-electron chi connectivity index (χ1n) is 7.19. The Hall–Kier alpha value is -1.38. The molecule has 1 aromatic carbocycles. The second kappa shape index (κ2) is 6.38. The molecule has 1 fully saturated rings. The highest BCUT2D eigenvalue weighted by atomic mass is 35.5. The van der Waals surface area contributed by atoms with Crippen LogP contribution in [0, 0.1) is 0 Å². The van der Waals surface area contributed by atoms with Crippen molar-refractivity contribution in [3.63, 3.8) is 0 Å². The van der Waals surface area contributed by atoms with Crippen LogP contribution in [0.25, 0.3) is 0 Å². The van der Waals surface area contributed by atoms with Crippen LogP contribution in [0.5, 0.6) is 0 Å². The molecule has 2 aromatic rings. The number of halogens is 1. The zero-order valence-electron chi connectivity index (χ0n) is 11.4. The molecule has 0 aliphatic heterocycles. The van der Waals surface area contributed by atoms with Gasteiger partial charge in [0.25, 0.3) is 0 Å². The molecule has 0 spiro atoms. The van der Waals surface area contributed by atoms with E-state index in [4.69, 9.17) is 11.6 Å². The van der Waals surface area contributed by atoms with E-state index in [1.54, 1.807) is 0 Å². The van der Waals surface area contributed by atoms with Crippen LogP contribution in [0.3, 0.4) is 0 Å². The predicted octanol–water partition coefficient (Wildman–Crippen LogP) is 3.81. The Balaban J connectivity index is 1.39. The summed E-state index contributed by atoms with van der Waals surface area (Å²) in [6.07, 6.45) is 7.26. The topological polar surface area (TPSA) is 24.9 Å². The van der Waals surface area contributed by atoms with Gasteiger partial charge in [-0.2, -0.15) is 0 Å². The quantitative estimate of drug-likeness (QED) is 0.904. The number of nitrogens with zero attached hydrogens (tertiary/aromatic N) is 1. The number of hydrogen-bond acceptors (Lipinski definition) is 2. The van der Waals surface area contributed by atoms with Crippen molar-refractivity contribution in [2.45, 2.75) is 31.2 Å². The summed E-state index contributed by atoms with van der Waals surface area (Å²) < 4.78 is 0. The van der Waals surface area contributed by atoms with E-state index in [-0.39, 0.29) is 0 Å². The Morgan fingerprint density at radius 1 is 1.05 bits per heavy atom. The van der Waals surface area contributed by atoms with Crippen molar-refractivity contribution in [2.75, 3.05) is 6.54 Å². The highest BCUT2D eigenvalue weighted by molar-refractivity contribution is 6.30. The second-order valence-corrected chi connectivity index (χ2v) is 5.91. The van der Waals surface area contributed by atoms with Gasteiger partial charge in [0.05, 0.1) is 0 Å². The van der Waals surface area contributed by atoms with Gasteiger partial charge < -0.3 is 5.32 Å². The fraction of sp³-hybridized carbons (Fsp3) is 0.353. The van der Waals surface area contributed by atoms with E-state index in [1.807, 2.05) is 24.5 Å². The van der Waals surface area contributed by atoms with Crippen molar-refractivity contribution in [3.8, 4) is 0 Å². The zero-order valence-corrected chi connectivity index (χ0v) is 12.2. The van der Waals surface area contributed by atoms with Crippen molar-refractivity contribution in [3.05, 3.63) is 64.9 Å². The van der Waals surface area contributed by atoms with E-state index in [1.165, 1.54) is 24.0 Å². The average Bonchev–Trinajstić information content (AvgIpc) is 2.44. The maximum absolute atomic E-state index is 5.92. The third-order valence-electron chi connectivity index (χ3n) is 4.08. The summed E-state index contributed by atoms with van der Waals surface area (Å²) in [5.41, 5.74) is 2.77. The first-order valence-corrected chi connectivity index (χ1v) is 7.57. The lowest BCUT2D eigenvalue weighted by Gasteiger charge is -2.36. The van der Waals surface area contributed by atoms with E-state index in [9.17, 15) is 0 Å². The normalized spacial score (nSPS) is 21.4. The highest BCUT2D eigenvalue weighted by Gasteiger charge is 2.29. The molecule has 0 bridgehead atoms. The Labute approximate surface area is 125 Å². The maximum atomic E-state index is 5.92. The summed E-state index contributed by atoms with van der Waals surface area (Å²) in [5.74, 6) is 0.700. The van der Waals surface area contributed by atoms with Crippen LogP contribution in [0.2, 0.25) is 5.02 Å². The molecule has 1 aromatic heterocycles. The Bertz CT molecular complexity index is 533. The van der Waals surface area contributed by atoms with E-state index in [0.29, 0.717) is 12.0 Å². The number of nitrogens with one attached hydrogen (secondary N) is 1. The molecule has 1 aliphatic rings. The fourth-order valence-corrected chi connectivity index (χ4v) is 2.89. The first-order chi connectivity index (χ1) is 9.81. The van der Waals surface area contributed by atoms with Crippen molar-refractivity contribution in [1.29, 1.82) is 0 Å². The molecule has 2 nitrogen and oxygen atoms in total. The minimum Gasteiger partial charge on any atom is -0.314 e. The molecule has 0 atom stereocenters. The lowest BCUT2D eigenvalue weighted by Crippen LogP contribution is -2.40. The Morgan fingerprint density at radius 3 is 2.45 bits per heavy atom. The lowest BCUT2D eigenvalue weighted by molar-refractivity contribution is 0.293. The van der Waals surface area contributed by atoms with Crippen molar-refractivity contribution >= 4 is 11.6 Å². The summed E-state index contributed by atoms with van der Waals surface area (Å²) >= 11 is 5.92. The first kappa shape index (κ1) is 13.6. The lowest BCUT2D eigenvalue weighted by atomic mass is 9.76. The molecular weight excluding hydrogens is 268 g/mol. The molecule has 1 N–H and O–H groups in total. The molecule has 0 amide bonds. The highest BCUT2D eigenvalue weighted by Crippen LogP contribution is 2.37. The van der Waals surface area contributed by atoms with E-state index in [2.05, 4.69) is 34.6 Å². The third-order valence-corrected chi connectivity index (χ3v) is 4.33. The van der Waals surface area contributed by atoms with Crippen LogP contribution in [0.15, 0.2) is 48.8 Å². The van der Waals surface area contributed by atoms with E-state index in [0.717, 1.165) is 18.0 Å². The summed E-state index contributed by atoms with van der Waals surface area (Å²) in [6.45, 7) is 1.04. The predicted molar refractivity (Wildman–Crippen MR) is 83.2 cm³/mol. The monoisotopic (exact) mass is 286 g/mol. The van der Waals surface area contributed by atoms with Gasteiger partial charge in [-0.25, -0.2) is 0 Å². The van der Waals surface area contributed by atoms with Gasteiger partial charge in [0.2, 0.25) is 0 Å². The SMILES string of the molecule is Clc1ccc(C2CC(NCCc3ccncc3)C2)cc1. The summed E-state index contributed by atoms with van der Waals surface area (Å²) in [7, 11) is 0. The number of rotatable bonds is 5. The van der Waals surface area contributed by atoms with E-state index < -0.39 is 0 Å². The van der Waals surface area contributed by atoms with Crippen LogP contribution in [0.1, 0.15) is 29.9 Å². The zero-order chi connectivity index (χ0) is 13.8. The number of aromatic nitrogens is 1. The molecule has 3 heteroatoms. The van der Waals surface area contributed by atoms with Crippen LogP contribution < -0.4 is 5.32 Å². The molecule has 0 saturated heterocycles. The maximum Gasteiger partial charge on any atom is 0.0406 e. The van der Waals surface area contributed by atoms with Crippen molar-refractivity contribution < 1.29 is 0 Å². The summed E-state index contributed by atoms with van der Waals surface area (Å²) in [6, 6.07) is 13.1. The smallest absolute Gasteiger partial charge is 0.0406 e. The molecule has 0 radical (unpaired) electrons. The van der Waals surface area contributed by atoms with Gasteiger partial charge in [-0.1, -0.05) is 23.7 Å². The van der Waals surface area contributed by atoms with Crippen LogP contribution in [0.4, 0.5) is 0 Å². The van der Waals surface area contributed by atoms with Gasteiger partial charge in [0, 0.05) is 23.5 Å². The fourth-order valence-electron chi connectivity index (χ4n) is 2.76. The van der Waals surface area contributed by atoms with Crippen LogP contribution in [-0.4, -0.2) is 17.6 Å². The molecule has 1 aliphatic carbocycles. The van der Waals surface area contributed by atoms with Crippen LogP contribution in [-0.2, 0) is 6.42 Å². The molecular formula is C17H19ClN2. The summed E-state index contributed by atoms with van der Waals surface area (Å²) in [5, 5.41) is 4.45. The minimum atomic E-state index is 0.664. The third kappa shape index (κ3) is 3.38.